The number of hydrogen-bond donors (Lipinski definition) is 2. The van der Waals surface area contributed by atoms with Crippen molar-refractivity contribution in [3.63, 3.8) is 0 Å². The van der Waals surface area contributed by atoms with Gasteiger partial charge in [0, 0.05) is 10.9 Å². The highest BCUT2D eigenvalue weighted by atomic mass is 32.2. The van der Waals surface area contributed by atoms with Crippen LogP contribution < -0.4 is 4.72 Å². The zero-order valence-electron chi connectivity index (χ0n) is 10.8. The average Bonchev–Trinajstić information content (AvgIpc) is 2.77. The molecule has 1 heterocycles. The number of nitrogens with zero attached hydrogens (tertiary/aromatic N) is 1. The summed E-state index contributed by atoms with van der Waals surface area (Å²) in [5.41, 5.74) is 0.812. The van der Waals surface area contributed by atoms with Crippen molar-refractivity contribution in [2.45, 2.75) is 25.3 Å². The third kappa shape index (κ3) is 2.97. The van der Waals surface area contributed by atoms with Crippen LogP contribution in [-0.4, -0.2) is 18.5 Å². The maximum Gasteiger partial charge on any atom is 0.263 e. The van der Waals surface area contributed by atoms with Crippen LogP contribution in [-0.2, 0) is 16.6 Å². The second-order valence-electron chi connectivity index (χ2n) is 4.27. The van der Waals surface area contributed by atoms with Crippen LogP contribution in [0.15, 0.2) is 22.4 Å². The van der Waals surface area contributed by atoms with Crippen LogP contribution >= 0.6 is 11.3 Å². The quantitative estimate of drug-likeness (QED) is 0.906. The molecular formula is C12H13FN2O3S2. The minimum absolute atomic E-state index is 0.0549. The summed E-state index contributed by atoms with van der Waals surface area (Å²) in [4.78, 5) is 3.91. The number of hydrogen-bond acceptors (Lipinski definition) is 5. The van der Waals surface area contributed by atoms with Gasteiger partial charge in [-0.1, -0.05) is 0 Å². The molecule has 0 saturated carbocycles. The molecule has 8 heteroatoms. The minimum Gasteiger partial charge on any atom is -0.392 e. The third-order valence-corrected chi connectivity index (χ3v) is 4.95. The zero-order valence-corrected chi connectivity index (χ0v) is 12.5. The predicted molar refractivity (Wildman–Crippen MR) is 74.7 cm³/mol. The minimum atomic E-state index is -3.85. The maximum absolute atomic E-state index is 13.6. The van der Waals surface area contributed by atoms with Gasteiger partial charge in [-0.15, -0.1) is 11.3 Å². The standard InChI is InChI=1S/C12H13FN2O3S2/c1-7-3-10(4-9(5-16)11(7)13)20(17,18)15-12-14-8(2)6-19-12/h3-4,6,16H,5H2,1-2H3,(H,14,15). The van der Waals surface area contributed by atoms with E-state index < -0.39 is 22.4 Å². The molecule has 2 aromatic rings. The fraction of sp³-hybridized carbons (Fsp3) is 0.250. The molecule has 0 aliphatic heterocycles. The largest absolute Gasteiger partial charge is 0.392 e. The second kappa shape index (κ2) is 5.47. The Balaban J connectivity index is 2.41. The van der Waals surface area contributed by atoms with Crippen molar-refractivity contribution in [3.8, 4) is 0 Å². The van der Waals surface area contributed by atoms with Crippen molar-refractivity contribution in [1.82, 2.24) is 4.98 Å². The number of aliphatic hydroxyl groups is 1. The molecule has 0 bridgehead atoms. The van der Waals surface area contributed by atoms with E-state index in [2.05, 4.69) is 9.71 Å². The zero-order chi connectivity index (χ0) is 14.9. The normalized spacial score (nSPS) is 11.6. The number of aliphatic hydroxyl groups excluding tert-OH is 1. The molecule has 5 nitrogen and oxygen atoms in total. The second-order valence-corrected chi connectivity index (χ2v) is 6.81. The number of thiazole rings is 1. The van der Waals surface area contributed by atoms with Crippen molar-refractivity contribution in [3.05, 3.63) is 40.2 Å². The first-order valence-corrected chi connectivity index (χ1v) is 8.04. The molecule has 108 valence electrons. The van der Waals surface area contributed by atoms with Gasteiger partial charge in [0.2, 0.25) is 0 Å². The van der Waals surface area contributed by atoms with Crippen LogP contribution in [0, 0.1) is 19.7 Å². The Morgan fingerprint density at radius 1 is 1.40 bits per heavy atom. The molecule has 1 aromatic carbocycles. The lowest BCUT2D eigenvalue weighted by atomic mass is 10.1. The van der Waals surface area contributed by atoms with Crippen molar-refractivity contribution in [2.75, 3.05) is 4.72 Å². The molecule has 0 atom stereocenters. The summed E-state index contributed by atoms with van der Waals surface area (Å²) in [5, 5.41) is 11.0. The molecule has 20 heavy (non-hydrogen) atoms. The molecule has 0 aliphatic rings. The highest BCUT2D eigenvalue weighted by Crippen LogP contribution is 2.23. The predicted octanol–water partition coefficient (Wildman–Crippen LogP) is 2.19. The van der Waals surface area contributed by atoms with Gasteiger partial charge in [-0.25, -0.2) is 17.8 Å². The summed E-state index contributed by atoms with van der Waals surface area (Å²) in [5.74, 6) is -0.600. The lowest BCUT2D eigenvalue weighted by molar-refractivity contribution is 0.275. The van der Waals surface area contributed by atoms with E-state index >= 15 is 0 Å². The first-order chi connectivity index (χ1) is 9.33. The summed E-state index contributed by atoms with van der Waals surface area (Å²) in [6.45, 7) is 2.63. The molecule has 1 aromatic heterocycles. The molecule has 0 amide bonds. The van der Waals surface area contributed by atoms with Crippen LogP contribution in [0.25, 0.3) is 0 Å². The first kappa shape index (κ1) is 14.9. The number of nitrogens with one attached hydrogen (secondary N) is 1. The summed E-state index contributed by atoms with van der Waals surface area (Å²) in [6, 6.07) is 2.34. The molecule has 0 radical (unpaired) electrons. The average molecular weight is 316 g/mol. The van der Waals surface area contributed by atoms with E-state index in [-0.39, 0.29) is 21.2 Å². The Kier molecular flexibility index (Phi) is 4.07. The van der Waals surface area contributed by atoms with Gasteiger partial charge >= 0.3 is 0 Å². The highest BCUT2D eigenvalue weighted by Gasteiger charge is 2.19. The number of aromatic nitrogens is 1. The van der Waals surface area contributed by atoms with Gasteiger partial charge in [0.05, 0.1) is 17.2 Å². The Morgan fingerprint density at radius 2 is 2.10 bits per heavy atom. The van der Waals surface area contributed by atoms with Crippen molar-refractivity contribution in [1.29, 1.82) is 0 Å². The molecule has 0 fully saturated rings. The Bertz CT molecular complexity index is 741. The van der Waals surface area contributed by atoms with Gasteiger partial charge in [-0.05, 0) is 31.5 Å². The molecule has 0 spiro atoms. The fourth-order valence-electron chi connectivity index (χ4n) is 1.65. The summed E-state index contributed by atoms with van der Waals surface area (Å²) >= 11 is 1.16. The highest BCUT2D eigenvalue weighted by molar-refractivity contribution is 7.93. The van der Waals surface area contributed by atoms with E-state index in [4.69, 9.17) is 5.11 Å². The summed E-state index contributed by atoms with van der Waals surface area (Å²) in [7, 11) is -3.85. The van der Waals surface area contributed by atoms with E-state index in [9.17, 15) is 12.8 Å². The maximum atomic E-state index is 13.6. The van der Waals surface area contributed by atoms with Crippen molar-refractivity contribution in [2.24, 2.45) is 0 Å². The van der Waals surface area contributed by atoms with E-state index in [0.717, 1.165) is 17.4 Å². The Hall–Kier alpha value is -1.51. The van der Waals surface area contributed by atoms with E-state index in [1.54, 1.807) is 12.3 Å². The van der Waals surface area contributed by atoms with Crippen LogP contribution in [0.4, 0.5) is 9.52 Å². The molecule has 2 rings (SSSR count). The van der Waals surface area contributed by atoms with E-state index in [1.807, 2.05) is 0 Å². The van der Waals surface area contributed by atoms with E-state index in [0.29, 0.717) is 5.69 Å². The molecule has 2 N–H and O–H groups in total. The van der Waals surface area contributed by atoms with Gasteiger partial charge in [0.25, 0.3) is 10.0 Å². The third-order valence-electron chi connectivity index (χ3n) is 2.62. The molecule has 0 unspecified atom stereocenters. The van der Waals surface area contributed by atoms with Gasteiger partial charge in [0.15, 0.2) is 5.13 Å². The van der Waals surface area contributed by atoms with Crippen LogP contribution in [0.2, 0.25) is 0 Å². The topological polar surface area (TPSA) is 79.3 Å². The van der Waals surface area contributed by atoms with Crippen molar-refractivity contribution < 1.29 is 17.9 Å². The summed E-state index contributed by atoms with van der Waals surface area (Å²) in [6.07, 6.45) is 0. The molecule has 0 aliphatic carbocycles. The summed E-state index contributed by atoms with van der Waals surface area (Å²) < 4.78 is 40.3. The van der Waals surface area contributed by atoms with Crippen molar-refractivity contribution >= 4 is 26.5 Å². The number of benzene rings is 1. The monoisotopic (exact) mass is 316 g/mol. The number of sulfonamides is 1. The van der Waals surface area contributed by atoms with Gasteiger partial charge in [0.1, 0.15) is 5.82 Å². The lowest BCUT2D eigenvalue weighted by Gasteiger charge is -2.09. The Labute approximate surface area is 120 Å². The fourth-order valence-corrected chi connectivity index (χ4v) is 3.73. The number of halogens is 1. The van der Waals surface area contributed by atoms with Crippen LogP contribution in [0.1, 0.15) is 16.8 Å². The van der Waals surface area contributed by atoms with Gasteiger partial charge in [-0.3, -0.25) is 4.72 Å². The SMILES string of the molecule is Cc1csc(NS(=O)(=O)c2cc(C)c(F)c(CO)c2)n1. The number of rotatable bonds is 4. The van der Waals surface area contributed by atoms with Crippen LogP contribution in [0.3, 0.4) is 0 Å². The number of anilines is 1. The first-order valence-electron chi connectivity index (χ1n) is 5.68. The molecular weight excluding hydrogens is 303 g/mol. The van der Waals surface area contributed by atoms with E-state index in [1.165, 1.54) is 13.0 Å². The van der Waals surface area contributed by atoms with Gasteiger partial charge < -0.3 is 5.11 Å². The smallest absolute Gasteiger partial charge is 0.263 e. The number of aryl methyl sites for hydroxylation is 2. The van der Waals surface area contributed by atoms with Crippen LogP contribution in [0.5, 0.6) is 0 Å². The lowest BCUT2D eigenvalue weighted by Crippen LogP contribution is -2.14. The Morgan fingerprint density at radius 3 is 2.65 bits per heavy atom. The molecule has 0 saturated heterocycles. The van der Waals surface area contributed by atoms with Gasteiger partial charge in [-0.2, -0.15) is 0 Å².